The van der Waals surface area contributed by atoms with E-state index in [9.17, 15) is 4.79 Å². The molecule has 6 nitrogen and oxygen atoms in total. The van der Waals surface area contributed by atoms with Crippen molar-refractivity contribution in [3.05, 3.63) is 59.1 Å². The van der Waals surface area contributed by atoms with Crippen molar-refractivity contribution < 1.29 is 9.53 Å². The van der Waals surface area contributed by atoms with E-state index >= 15 is 0 Å². The third-order valence-electron chi connectivity index (χ3n) is 5.26. The second-order valence-corrected chi connectivity index (χ2v) is 8.89. The molecule has 2 amide bonds. The van der Waals surface area contributed by atoms with Crippen LogP contribution < -0.4 is 10.1 Å². The lowest BCUT2D eigenvalue weighted by Crippen LogP contribution is -2.39. The standard InChI is InChI=1S/C23H28N4O2S/c1-26(2)13-14-29-18-8-5-7-17(15-18)16-24-23(28)27-12-6-10-20(27)22-25-19-9-3-4-11-21(19)30-22/h3-5,7-9,11,15,20H,6,10,12-14,16H2,1-2H3,(H,24,28). The Bertz CT molecular complexity index is 971. The van der Waals surface area contributed by atoms with Crippen molar-refractivity contribution in [2.45, 2.75) is 25.4 Å². The maximum atomic E-state index is 12.9. The second kappa shape index (κ2) is 9.45. The lowest BCUT2D eigenvalue weighted by atomic mass is 10.2. The summed E-state index contributed by atoms with van der Waals surface area (Å²) < 4.78 is 6.97. The lowest BCUT2D eigenvalue weighted by molar-refractivity contribution is 0.192. The molecule has 1 aromatic heterocycles. The number of amides is 2. The first-order valence-electron chi connectivity index (χ1n) is 10.4. The number of para-hydroxylation sites is 1. The lowest BCUT2D eigenvalue weighted by Gasteiger charge is -2.23. The van der Waals surface area contributed by atoms with E-state index in [1.54, 1.807) is 11.3 Å². The van der Waals surface area contributed by atoms with E-state index in [4.69, 9.17) is 9.72 Å². The topological polar surface area (TPSA) is 57.7 Å². The Hall–Kier alpha value is -2.64. The molecule has 0 aliphatic carbocycles. The molecule has 1 unspecified atom stereocenters. The Balaban J connectivity index is 1.36. The van der Waals surface area contributed by atoms with Crippen molar-refractivity contribution in [2.75, 3.05) is 33.8 Å². The highest BCUT2D eigenvalue weighted by atomic mass is 32.1. The molecule has 158 valence electrons. The summed E-state index contributed by atoms with van der Waals surface area (Å²) >= 11 is 1.69. The number of nitrogens with zero attached hydrogens (tertiary/aromatic N) is 3. The van der Waals surface area contributed by atoms with E-state index in [1.165, 1.54) is 4.70 Å². The van der Waals surface area contributed by atoms with Gasteiger partial charge in [0.2, 0.25) is 0 Å². The quantitative estimate of drug-likeness (QED) is 0.615. The van der Waals surface area contributed by atoms with Crippen molar-refractivity contribution in [1.29, 1.82) is 0 Å². The summed E-state index contributed by atoms with van der Waals surface area (Å²) in [5.41, 5.74) is 2.04. The first-order valence-corrected chi connectivity index (χ1v) is 11.2. The number of carbonyl (C=O) groups is 1. The van der Waals surface area contributed by atoms with Crippen molar-refractivity contribution in [3.63, 3.8) is 0 Å². The monoisotopic (exact) mass is 424 g/mol. The summed E-state index contributed by atoms with van der Waals surface area (Å²) in [5, 5.41) is 4.10. The molecule has 30 heavy (non-hydrogen) atoms. The molecule has 1 N–H and O–H groups in total. The molecule has 2 aromatic carbocycles. The molecule has 1 saturated heterocycles. The van der Waals surface area contributed by atoms with E-state index in [2.05, 4.69) is 16.3 Å². The largest absolute Gasteiger partial charge is 0.492 e. The minimum Gasteiger partial charge on any atom is -0.492 e. The van der Waals surface area contributed by atoms with E-state index in [0.717, 1.165) is 47.8 Å². The van der Waals surface area contributed by atoms with Crippen LogP contribution >= 0.6 is 11.3 Å². The van der Waals surface area contributed by atoms with Crippen LogP contribution in [0.5, 0.6) is 5.75 Å². The second-order valence-electron chi connectivity index (χ2n) is 7.83. The van der Waals surface area contributed by atoms with Crippen molar-refractivity contribution >= 4 is 27.6 Å². The molecular formula is C23H28N4O2S. The van der Waals surface area contributed by atoms with Gasteiger partial charge in [-0.3, -0.25) is 0 Å². The van der Waals surface area contributed by atoms with Crippen LogP contribution in [-0.4, -0.2) is 54.6 Å². The van der Waals surface area contributed by atoms with Gasteiger partial charge < -0.3 is 19.9 Å². The molecule has 1 fully saturated rings. The highest BCUT2D eigenvalue weighted by Gasteiger charge is 2.32. The van der Waals surface area contributed by atoms with Gasteiger partial charge in [0.1, 0.15) is 17.4 Å². The number of urea groups is 1. The fourth-order valence-electron chi connectivity index (χ4n) is 3.67. The minimum atomic E-state index is -0.0318. The Morgan fingerprint density at radius 2 is 2.13 bits per heavy atom. The number of benzene rings is 2. The van der Waals surface area contributed by atoms with Gasteiger partial charge in [0.25, 0.3) is 0 Å². The number of likely N-dealkylation sites (N-methyl/N-ethyl adjacent to an activating group) is 1. The zero-order valence-corrected chi connectivity index (χ0v) is 18.3. The first kappa shape index (κ1) is 20.6. The normalized spacial score (nSPS) is 16.4. The minimum absolute atomic E-state index is 0.0318. The van der Waals surface area contributed by atoms with Crippen LogP contribution in [0.3, 0.4) is 0 Å². The fraction of sp³-hybridized carbons (Fsp3) is 0.391. The van der Waals surface area contributed by atoms with E-state index in [0.29, 0.717) is 13.2 Å². The third-order valence-corrected chi connectivity index (χ3v) is 6.40. The highest BCUT2D eigenvalue weighted by Crippen LogP contribution is 2.36. The predicted molar refractivity (Wildman–Crippen MR) is 121 cm³/mol. The van der Waals surface area contributed by atoms with Gasteiger partial charge in [-0.1, -0.05) is 24.3 Å². The summed E-state index contributed by atoms with van der Waals surface area (Å²) in [6.07, 6.45) is 1.96. The van der Waals surface area contributed by atoms with E-state index in [1.807, 2.05) is 61.5 Å². The number of ether oxygens (including phenoxy) is 1. The summed E-state index contributed by atoms with van der Waals surface area (Å²) in [4.78, 5) is 21.7. The molecular weight excluding hydrogens is 396 g/mol. The molecule has 4 rings (SSSR count). The van der Waals surface area contributed by atoms with Gasteiger partial charge in [-0.15, -0.1) is 11.3 Å². The zero-order valence-electron chi connectivity index (χ0n) is 17.5. The Morgan fingerprint density at radius 3 is 2.97 bits per heavy atom. The smallest absolute Gasteiger partial charge is 0.318 e. The van der Waals surface area contributed by atoms with Crippen LogP contribution in [0, 0.1) is 0 Å². The Kier molecular flexibility index (Phi) is 6.50. The van der Waals surface area contributed by atoms with Crippen molar-refractivity contribution in [1.82, 2.24) is 20.1 Å². The van der Waals surface area contributed by atoms with Gasteiger partial charge in [0.05, 0.1) is 16.3 Å². The van der Waals surface area contributed by atoms with Crippen LogP contribution in [0.1, 0.15) is 29.5 Å². The fourth-order valence-corrected chi connectivity index (χ4v) is 4.78. The number of hydrogen-bond acceptors (Lipinski definition) is 5. The van der Waals surface area contributed by atoms with Gasteiger partial charge in [-0.25, -0.2) is 9.78 Å². The van der Waals surface area contributed by atoms with Gasteiger partial charge in [-0.2, -0.15) is 0 Å². The van der Waals surface area contributed by atoms with Gasteiger partial charge in [0, 0.05) is 19.6 Å². The molecule has 0 radical (unpaired) electrons. The number of thiazole rings is 1. The molecule has 0 saturated carbocycles. The van der Waals surface area contributed by atoms with Crippen LogP contribution in [0.4, 0.5) is 4.79 Å². The Morgan fingerprint density at radius 1 is 1.27 bits per heavy atom. The molecule has 0 bridgehead atoms. The molecule has 2 heterocycles. The molecule has 0 spiro atoms. The summed E-state index contributed by atoms with van der Waals surface area (Å²) in [6.45, 7) is 2.75. The predicted octanol–water partition coefficient (Wildman–Crippen LogP) is 4.28. The zero-order chi connectivity index (χ0) is 20.9. The van der Waals surface area contributed by atoms with Crippen LogP contribution in [0.25, 0.3) is 10.2 Å². The number of hydrogen-bond donors (Lipinski definition) is 1. The Labute approximate surface area is 181 Å². The number of rotatable bonds is 7. The maximum absolute atomic E-state index is 12.9. The van der Waals surface area contributed by atoms with Crippen LogP contribution in [0.2, 0.25) is 0 Å². The average Bonchev–Trinajstić information content (AvgIpc) is 3.39. The van der Waals surface area contributed by atoms with Crippen molar-refractivity contribution in [2.24, 2.45) is 0 Å². The molecule has 3 aromatic rings. The number of fused-ring (bicyclic) bond motifs is 1. The molecule has 1 aliphatic heterocycles. The van der Waals surface area contributed by atoms with Crippen LogP contribution in [-0.2, 0) is 6.54 Å². The maximum Gasteiger partial charge on any atom is 0.318 e. The average molecular weight is 425 g/mol. The van der Waals surface area contributed by atoms with Gasteiger partial charge in [0.15, 0.2) is 0 Å². The molecule has 7 heteroatoms. The number of nitrogens with one attached hydrogen (secondary N) is 1. The molecule has 1 aliphatic rings. The number of carbonyl (C=O) groups excluding carboxylic acids is 1. The molecule has 1 atom stereocenters. The first-order chi connectivity index (χ1) is 14.6. The summed E-state index contributed by atoms with van der Waals surface area (Å²) in [5.74, 6) is 0.831. The van der Waals surface area contributed by atoms with E-state index in [-0.39, 0.29) is 12.1 Å². The van der Waals surface area contributed by atoms with Gasteiger partial charge >= 0.3 is 6.03 Å². The van der Waals surface area contributed by atoms with Crippen LogP contribution in [0.15, 0.2) is 48.5 Å². The van der Waals surface area contributed by atoms with Gasteiger partial charge in [-0.05, 0) is 56.8 Å². The summed E-state index contributed by atoms with van der Waals surface area (Å²) in [7, 11) is 4.05. The summed E-state index contributed by atoms with van der Waals surface area (Å²) in [6, 6.07) is 16.1. The SMILES string of the molecule is CN(C)CCOc1cccc(CNC(=O)N2CCCC2c2nc3ccccc3s2)c1. The number of likely N-dealkylation sites (tertiary alicyclic amines) is 1. The van der Waals surface area contributed by atoms with Crippen molar-refractivity contribution in [3.8, 4) is 5.75 Å². The third kappa shape index (κ3) is 4.91. The highest BCUT2D eigenvalue weighted by molar-refractivity contribution is 7.18. The van der Waals surface area contributed by atoms with E-state index < -0.39 is 0 Å². The number of aromatic nitrogens is 1.